The summed E-state index contributed by atoms with van der Waals surface area (Å²) in [6, 6.07) is 9.74. The second kappa shape index (κ2) is 3.01. The van der Waals surface area contributed by atoms with Crippen LogP contribution < -0.4 is 0 Å². The number of nitrogens with zero attached hydrogens (tertiary/aromatic N) is 1. The molecule has 78 valence electrons. The standard InChI is InChI=1S/C14H11NO/c1-8-7-12-10-5-3-4-6-11(10)14(16)13(12)9(2)15-8/h3-7H,1-2H3. The summed E-state index contributed by atoms with van der Waals surface area (Å²) in [6.45, 7) is 3.86. The highest BCUT2D eigenvalue weighted by atomic mass is 16.1. The highest BCUT2D eigenvalue weighted by Crippen LogP contribution is 2.37. The molecule has 1 aromatic carbocycles. The predicted octanol–water partition coefficient (Wildman–Crippen LogP) is 2.91. The van der Waals surface area contributed by atoms with Gasteiger partial charge in [-0.1, -0.05) is 24.3 Å². The van der Waals surface area contributed by atoms with Crippen molar-refractivity contribution < 1.29 is 4.79 Å². The van der Waals surface area contributed by atoms with Gasteiger partial charge in [0.25, 0.3) is 0 Å². The Kier molecular flexibility index (Phi) is 1.75. The van der Waals surface area contributed by atoms with Crippen LogP contribution in [-0.2, 0) is 0 Å². The van der Waals surface area contributed by atoms with Gasteiger partial charge in [0.2, 0.25) is 0 Å². The van der Waals surface area contributed by atoms with E-state index in [1.54, 1.807) is 0 Å². The van der Waals surface area contributed by atoms with Crippen LogP contribution in [0.3, 0.4) is 0 Å². The molecule has 2 aromatic rings. The smallest absolute Gasteiger partial charge is 0.196 e. The zero-order valence-corrected chi connectivity index (χ0v) is 9.24. The van der Waals surface area contributed by atoms with Crippen LogP contribution in [0.5, 0.6) is 0 Å². The third kappa shape index (κ3) is 1.07. The van der Waals surface area contributed by atoms with Crippen LogP contribution in [0.15, 0.2) is 30.3 Å². The van der Waals surface area contributed by atoms with E-state index >= 15 is 0 Å². The van der Waals surface area contributed by atoms with Crippen molar-refractivity contribution in [1.82, 2.24) is 4.98 Å². The van der Waals surface area contributed by atoms with Gasteiger partial charge in [0.1, 0.15) is 0 Å². The summed E-state index contributed by atoms with van der Waals surface area (Å²) in [5.41, 5.74) is 5.43. The molecule has 0 amide bonds. The molecule has 1 aliphatic carbocycles. The Morgan fingerprint density at radius 1 is 1.00 bits per heavy atom. The molecule has 0 saturated carbocycles. The Balaban J connectivity index is 2.42. The molecule has 0 radical (unpaired) electrons. The number of ketones is 1. The normalized spacial score (nSPS) is 12.5. The second-order valence-corrected chi connectivity index (χ2v) is 4.15. The van der Waals surface area contributed by atoms with Crippen molar-refractivity contribution in [2.45, 2.75) is 13.8 Å². The lowest BCUT2D eigenvalue weighted by atomic mass is 10.1. The van der Waals surface area contributed by atoms with Crippen LogP contribution in [0.4, 0.5) is 0 Å². The number of carbonyl (C=O) groups excluding carboxylic acids is 1. The lowest BCUT2D eigenvalue weighted by Gasteiger charge is -2.03. The van der Waals surface area contributed by atoms with Gasteiger partial charge in [-0.2, -0.15) is 0 Å². The fourth-order valence-corrected chi connectivity index (χ4v) is 2.38. The van der Waals surface area contributed by atoms with Crippen molar-refractivity contribution in [2.75, 3.05) is 0 Å². The molecule has 0 fully saturated rings. The Labute approximate surface area is 94.0 Å². The van der Waals surface area contributed by atoms with E-state index in [1.807, 2.05) is 44.2 Å². The molecule has 1 heterocycles. The van der Waals surface area contributed by atoms with Gasteiger partial charge in [-0.3, -0.25) is 9.78 Å². The first-order valence-electron chi connectivity index (χ1n) is 5.31. The van der Waals surface area contributed by atoms with Crippen LogP contribution in [0, 0.1) is 13.8 Å². The maximum atomic E-state index is 12.2. The number of rotatable bonds is 0. The number of hydrogen-bond acceptors (Lipinski definition) is 2. The number of hydrogen-bond donors (Lipinski definition) is 0. The maximum Gasteiger partial charge on any atom is 0.196 e. The summed E-state index contributed by atoms with van der Waals surface area (Å²) in [4.78, 5) is 16.5. The van der Waals surface area contributed by atoms with E-state index in [9.17, 15) is 4.79 Å². The van der Waals surface area contributed by atoms with Gasteiger partial charge in [0, 0.05) is 17.0 Å². The monoisotopic (exact) mass is 209 g/mol. The first kappa shape index (κ1) is 9.28. The van der Waals surface area contributed by atoms with Crippen molar-refractivity contribution in [3.63, 3.8) is 0 Å². The van der Waals surface area contributed by atoms with Gasteiger partial charge in [0.05, 0.1) is 5.56 Å². The minimum atomic E-state index is 0.107. The lowest BCUT2D eigenvalue weighted by Crippen LogP contribution is -2.00. The van der Waals surface area contributed by atoms with Crippen LogP contribution >= 0.6 is 0 Å². The average Bonchev–Trinajstić information content (AvgIpc) is 2.54. The quantitative estimate of drug-likeness (QED) is 0.569. The number of aryl methyl sites for hydroxylation is 2. The number of benzene rings is 1. The Morgan fingerprint density at radius 3 is 2.44 bits per heavy atom. The van der Waals surface area contributed by atoms with Gasteiger partial charge in [0.15, 0.2) is 5.78 Å². The molecule has 3 rings (SSSR count). The Morgan fingerprint density at radius 2 is 1.69 bits per heavy atom. The SMILES string of the molecule is Cc1cc2c(c(C)n1)C(=O)c1ccccc1-2. The van der Waals surface area contributed by atoms with E-state index in [0.717, 1.165) is 33.6 Å². The summed E-state index contributed by atoms with van der Waals surface area (Å²) < 4.78 is 0. The van der Waals surface area contributed by atoms with Gasteiger partial charge in [-0.15, -0.1) is 0 Å². The molecule has 0 saturated heterocycles. The molecular formula is C14H11NO. The Hall–Kier alpha value is -1.96. The first-order valence-corrected chi connectivity index (χ1v) is 5.31. The van der Waals surface area contributed by atoms with Crippen molar-refractivity contribution in [3.05, 3.63) is 52.8 Å². The molecule has 2 nitrogen and oxygen atoms in total. The number of fused-ring (bicyclic) bond motifs is 3. The molecule has 0 unspecified atom stereocenters. The number of aromatic nitrogens is 1. The van der Waals surface area contributed by atoms with E-state index in [4.69, 9.17) is 0 Å². The summed E-state index contributed by atoms with van der Waals surface area (Å²) >= 11 is 0. The fourth-order valence-electron chi connectivity index (χ4n) is 2.38. The highest BCUT2D eigenvalue weighted by molar-refractivity contribution is 6.22. The predicted molar refractivity (Wildman–Crippen MR) is 62.6 cm³/mol. The van der Waals surface area contributed by atoms with Gasteiger partial charge in [-0.25, -0.2) is 0 Å². The van der Waals surface area contributed by atoms with Gasteiger partial charge < -0.3 is 0 Å². The fraction of sp³-hybridized carbons (Fsp3) is 0.143. The second-order valence-electron chi connectivity index (χ2n) is 4.15. The third-order valence-electron chi connectivity index (χ3n) is 3.02. The molecule has 0 N–H and O–H groups in total. The van der Waals surface area contributed by atoms with Crippen molar-refractivity contribution in [1.29, 1.82) is 0 Å². The van der Waals surface area contributed by atoms with Crippen molar-refractivity contribution >= 4 is 5.78 Å². The van der Waals surface area contributed by atoms with E-state index in [2.05, 4.69) is 4.98 Å². The zero-order valence-electron chi connectivity index (χ0n) is 9.24. The summed E-state index contributed by atoms with van der Waals surface area (Å²) in [5, 5.41) is 0. The summed E-state index contributed by atoms with van der Waals surface area (Å²) in [6.07, 6.45) is 0. The topological polar surface area (TPSA) is 30.0 Å². The Bertz CT molecular complexity index is 614. The number of pyridine rings is 1. The average molecular weight is 209 g/mol. The number of carbonyl (C=O) groups is 1. The summed E-state index contributed by atoms with van der Waals surface area (Å²) in [7, 11) is 0. The zero-order chi connectivity index (χ0) is 11.3. The maximum absolute atomic E-state index is 12.2. The molecule has 0 bridgehead atoms. The molecule has 16 heavy (non-hydrogen) atoms. The minimum absolute atomic E-state index is 0.107. The van der Waals surface area contributed by atoms with E-state index in [1.165, 1.54) is 0 Å². The van der Waals surface area contributed by atoms with Crippen LogP contribution in [0.25, 0.3) is 11.1 Å². The molecule has 0 atom stereocenters. The van der Waals surface area contributed by atoms with Crippen molar-refractivity contribution in [2.24, 2.45) is 0 Å². The summed E-state index contributed by atoms with van der Waals surface area (Å²) in [5.74, 6) is 0.107. The third-order valence-corrected chi connectivity index (χ3v) is 3.02. The van der Waals surface area contributed by atoms with Gasteiger partial charge in [-0.05, 0) is 31.0 Å². The molecular weight excluding hydrogens is 198 g/mol. The minimum Gasteiger partial charge on any atom is -0.288 e. The van der Waals surface area contributed by atoms with Crippen LogP contribution in [-0.4, -0.2) is 10.8 Å². The molecule has 0 spiro atoms. The van der Waals surface area contributed by atoms with E-state index in [-0.39, 0.29) is 5.78 Å². The molecule has 0 aliphatic heterocycles. The van der Waals surface area contributed by atoms with E-state index in [0.29, 0.717) is 0 Å². The van der Waals surface area contributed by atoms with Crippen molar-refractivity contribution in [3.8, 4) is 11.1 Å². The van der Waals surface area contributed by atoms with Crippen LogP contribution in [0.1, 0.15) is 27.3 Å². The lowest BCUT2D eigenvalue weighted by molar-refractivity contribution is 0.104. The van der Waals surface area contributed by atoms with E-state index < -0.39 is 0 Å². The highest BCUT2D eigenvalue weighted by Gasteiger charge is 2.28. The first-order chi connectivity index (χ1) is 7.68. The molecule has 1 aromatic heterocycles. The largest absolute Gasteiger partial charge is 0.288 e. The van der Waals surface area contributed by atoms with Crippen LogP contribution in [0.2, 0.25) is 0 Å². The molecule has 1 aliphatic rings. The molecule has 2 heteroatoms. The van der Waals surface area contributed by atoms with Gasteiger partial charge >= 0.3 is 0 Å².